The molecule has 0 atom stereocenters. The fourth-order valence-electron chi connectivity index (χ4n) is 2.93. The van der Waals surface area contributed by atoms with Crippen LogP contribution in [0.15, 0.2) is 24.3 Å². The minimum atomic E-state index is -4.26. The molecule has 23 heavy (non-hydrogen) atoms. The van der Waals surface area contributed by atoms with E-state index in [9.17, 15) is 13.2 Å². The Morgan fingerprint density at radius 1 is 1.09 bits per heavy atom. The molecule has 6 heteroatoms. The summed E-state index contributed by atoms with van der Waals surface area (Å²) < 4.78 is 39.0. The highest BCUT2D eigenvalue weighted by molar-refractivity contribution is 7.19. The van der Waals surface area contributed by atoms with E-state index in [-0.39, 0.29) is 0 Å². The first-order valence-electron chi connectivity index (χ1n) is 7.92. The van der Waals surface area contributed by atoms with Gasteiger partial charge in [0.25, 0.3) is 0 Å². The van der Waals surface area contributed by atoms with Gasteiger partial charge in [-0.15, -0.1) is 11.3 Å². The van der Waals surface area contributed by atoms with Gasteiger partial charge in [-0.25, -0.2) is 0 Å². The highest BCUT2D eigenvalue weighted by atomic mass is 32.1. The van der Waals surface area contributed by atoms with Crippen LogP contribution < -0.4 is 0 Å². The van der Waals surface area contributed by atoms with Crippen molar-refractivity contribution in [2.75, 3.05) is 39.8 Å². The third-order valence-corrected chi connectivity index (χ3v) is 5.55. The van der Waals surface area contributed by atoms with Gasteiger partial charge in [0.2, 0.25) is 0 Å². The maximum Gasteiger partial charge on any atom is 0.416 e. The second-order valence-corrected chi connectivity index (χ2v) is 7.38. The molecule has 1 saturated heterocycles. The average molecular weight is 342 g/mol. The van der Waals surface area contributed by atoms with Crippen LogP contribution in [0, 0.1) is 0 Å². The molecule has 0 aliphatic carbocycles. The predicted octanol–water partition coefficient (Wildman–Crippen LogP) is 4.10. The standard InChI is InChI=1S/C17H21F3N2S/c1-21-7-9-22(10-8-21)6-2-3-15-11-13-4-5-14(17(18,19)20)12-16(13)23-15/h4-5,11-12H,2-3,6-10H2,1H3. The van der Waals surface area contributed by atoms with Gasteiger partial charge in [0, 0.05) is 35.8 Å². The number of hydrogen-bond acceptors (Lipinski definition) is 3. The number of rotatable bonds is 4. The fourth-order valence-corrected chi connectivity index (χ4v) is 4.08. The molecule has 0 radical (unpaired) electrons. The maximum absolute atomic E-state index is 12.8. The van der Waals surface area contributed by atoms with Gasteiger partial charge in [0.1, 0.15) is 0 Å². The molecule has 126 valence electrons. The normalized spacial score (nSPS) is 17.9. The van der Waals surface area contributed by atoms with Crippen LogP contribution in [0.2, 0.25) is 0 Å². The maximum atomic E-state index is 12.8. The van der Waals surface area contributed by atoms with Crippen LogP contribution in [-0.4, -0.2) is 49.6 Å². The smallest absolute Gasteiger partial charge is 0.304 e. The van der Waals surface area contributed by atoms with E-state index in [1.165, 1.54) is 28.3 Å². The van der Waals surface area contributed by atoms with E-state index in [0.717, 1.165) is 55.7 Å². The van der Waals surface area contributed by atoms with E-state index in [0.29, 0.717) is 0 Å². The molecule has 0 bridgehead atoms. The van der Waals surface area contributed by atoms with Crippen molar-refractivity contribution in [2.45, 2.75) is 19.0 Å². The summed E-state index contributed by atoms with van der Waals surface area (Å²) in [5, 5.41) is 0.914. The van der Waals surface area contributed by atoms with Crippen LogP contribution in [0.5, 0.6) is 0 Å². The Hall–Kier alpha value is -1.11. The fraction of sp³-hybridized carbons (Fsp3) is 0.529. The van der Waals surface area contributed by atoms with E-state index in [1.54, 1.807) is 6.07 Å². The van der Waals surface area contributed by atoms with E-state index in [4.69, 9.17) is 0 Å². The van der Waals surface area contributed by atoms with E-state index in [1.807, 2.05) is 6.07 Å². The molecular weight excluding hydrogens is 321 g/mol. The Bertz CT molecular complexity index is 657. The topological polar surface area (TPSA) is 6.48 Å². The Morgan fingerprint density at radius 3 is 2.52 bits per heavy atom. The molecule has 2 nitrogen and oxygen atoms in total. The zero-order chi connectivity index (χ0) is 16.4. The lowest BCUT2D eigenvalue weighted by Crippen LogP contribution is -2.44. The number of thiophene rings is 1. The third-order valence-electron chi connectivity index (χ3n) is 4.39. The lowest BCUT2D eigenvalue weighted by molar-refractivity contribution is -0.137. The van der Waals surface area contributed by atoms with Crippen molar-refractivity contribution in [3.8, 4) is 0 Å². The van der Waals surface area contributed by atoms with E-state index < -0.39 is 11.7 Å². The predicted molar refractivity (Wildman–Crippen MR) is 89.1 cm³/mol. The Morgan fingerprint density at radius 2 is 1.83 bits per heavy atom. The molecule has 0 N–H and O–H groups in total. The van der Waals surface area contributed by atoms with Crippen LogP contribution in [0.1, 0.15) is 16.9 Å². The molecule has 1 aromatic heterocycles. The van der Waals surface area contributed by atoms with E-state index in [2.05, 4.69) is 16.8 Å². The Balaban J connectivity index is 1.58. The molecule has 2 heterocycles. The summed E-state index contributed by atoms with van der Waals surface area (Å²) in [6.45, 7) is 5.51. The molecule has 0 saturated carbocycles. The number of halogens is 3. The van der Waals surface area contributed by atoms with Gasteiger partial charge in [-0.1, -0.05) is 6.07 Å². The highest BCUT2D eigenvalue weighted by Crippen LogP contribution is 2.34. The molecule has 1 fully saturated rings. The van der Waals surface area contributed by atoms with Crippen molar-refractivity contribution in [3.63, 3.8) is 0 Å². The molecule has 1 aromatic carbocycles. The Labute approximate surface area is 138 Å². The SMILES string of the molecule is CN1CCN(CCCc2cc3ccc(C(F)(F)F)cc3s2)CC1. The van der Waals surface area contributed by atoms with Gasteiger partial charge < -0.3 is 9.80 Å². The second kappa shape index (κ2) is 6.79. The van der Waals surface area contributed by atoms with Crippen LogP contribution in [-0.2, 0) is 12.6 Å². The van der Waals surface area contributed by atoms with Crippen molar-refractivity contribution >= 4 is 21.4 Å². The minimum absolute atomic E-state index is 0.559. The van der Waals surface area contributed by atoms with Crippen LogP contribution in [0.4, 0.5) is 13.2 Å². The van der Waals surface area contributed by atoms with Gasteiger partial charge in [-0.05, 0) is 50.0 Å². The van der Waals surface area contributed by atoms with Crippen LogP contribution in [0.25, 0.3) is 10.1 Å². The molecule has 1 aliphatic heterocycles. The number of hydrogen-bond donors (Lipinski definition) is 0. The molecule has 0 amide bonds. The summed E-state index contributed by atoms with van der Waals surface area (Å²) in [6.07, 6.45) is -2.27. The van der Waals surface area contributed by atoms with Crippen molar-refractivity contribution in [1.82, 2.24) is 9.80 Å². The number of nitrogens with zero attached hydrogens (tertiary/aromatic N) is 2. The molecule has 1 aliphatic rings. The van der Waals surface area contributed by atoms with Crippen LogP contribution >= 0.6 is 11.3 Å². The first kappa shape index (κ1) is 16.7. The summed E-state index contributed by atoms with van der Waals surface area (Å²) in [5.74, 6) is 0. The van der Waals surface area contributed by atoms with Crippen molar-refractivity contribution in [3.05, 3.63) is 34.7 Å². The molecule has 0 unspecified atom stereocenters. The summed E-state index contributed by atoms with van der Waals surface area (Å²) in [6, 6.07) is 6.05. The van der Waals surface area contributed by atoms with E-state index >= 15 is 0 Å². The first-order chi connectivity index (χ1) is 10.9. The number of aryl methyl sites for hydroxylation is 1. The molecule has 0 spiro atoms. The highest BCUT2D eigenvalue weighted by Gasteiger charge is 2.30. The second-order valence-electron chi connectivity index (χ2n) is 6.21. The van der Waals surface area contributed by atoms with Gasteiger partial charge in [0.05, 0.1) is 5.56 Å². The number of alkyl halides is 3. The number of likely N-dealkylation sites (N-methyl/N-ethyl adjacent to an activating group) is 1. The lowest BCUT2D eigenvalue weighted by atomic mass is 10.1. The first-order valence-corrected chi connectivity index (χ1v) is 8.74. The average Bonchev–Trinajstić information content (AvgIpc) is 2.90. The zero-order valence-electron chi connectivity index (χ0n) is 13.2. The monoisotopic (exact) mass is 342 g/mol. The molecular formula is C17H21F3N2S. The summed E-state index contributed by atoms with van der Waals surface area (Å²) in [4.78, 5) is 5.98. The van der Waals surface area contributed by atoms with Crippen LogP contribution in [0.3, 0.4) is 0 Å². The summed E-state index contributed by atoms with van der Waals surface area (Å²) in [5.41, 5.74) is -0.559. The summed E-state index contributed by atoms with van der Waals surface area (Å²) >= 11 is 1.49. The summed E-state index contributed by atoms with van der Waals surface area (Å²) in [7, 11) is 2.14. The van der Waals surface area contributed by atoms with Gasteiger partial charge in [0.15, 0.2) is 0 Å². The number of benzene rings is 1. The van der Waals surface area contributed by atoms with Gasteiger partial charge in [-0.3, -0.25) is 0 Å². The van der Waals surface area contributed by atoms with Gasteiger partial charge in [-0.2, -0.15) is 13.2 Å². The van der Waals surface area contributed by atoms with Gasteiger partial charge >= 0.3 is 6.18 Å². The van der Waals surface area contributed by atoms with Crippen molar-refractivity contribution in [2.24, 2.45) is 0 Å². The lowest BCUT2D eigenvalue weighted by Gasteiger charge is -2.32. The number of piperazine rings is 1. The zero-order valence-corrected chi connectivity index (χ0v) is 14.0. The largest absolute Gasteiger partial charge is 0.416 e. The quantitative estimate of drug-likeness (QED) is 0.825. The number of fused-ring (bicyclic) bond motifs is 1. The van der Waals surface area contributed by atoms with Crippen molar-refractivity contribution < 1.29 is 13.2 Å². The molecule has 3 rings (SSSR count). The minimum Gasteiger partial charge on any atom is -0.304 e. The molecule has 2 aromatic rings. The third kappa shape index (κ3) is 4.25. The van der Waals surface area contributed by atoms with Crippen molar-refractivity contribution in [1.29, 1.82) is 0 Å². The Kier molecular flexibility index (Phi) is 4.94.